The van der Waals surface area contributed by atoms with Gasteiger partial charge in [0.25, 0.3) is 11.8 Å². The maximum atomic E-state index is 11.6. The van der Waals surface area contributed by atoms with Gasteiger partial charge in [0.2, 0.25) is 0 Å². The van der Waals surface area contributed by atoms with E-state index in [0.717, 1.165) is 4.90 Å². The summed E-state index contributed by atoms with van der Waals surface area (Å²) >= 11 is 0. The standard InChI is InChI=1S/C11H10N2O3S/c1-17(7-5-3-2-4-6-7)8-9(14)12-11(16)13-10(8)15/h2-6H,1H3,(H2,12,13,14,15,16). The van der Waals surface area contributed by atoms with Gasteiger partial charge in [0.15, 0.2) is 0 Å². The summed E-state index contributed by atoms with van der Waals surface area (Å²) in [7, 11) is -0.655. The van der Waals surface area contributed by atoms with Gasteiger partial charge in [-0.2, -0.15) is 0 Å². The summed E-state index contributed by atoms with van der Waals surface area (Å²) in [5.41, 5.74) is 0. The zero-order valence-electron chi connectivity index (χ0n) is 9.02. The zero-order valence-corrected chi connectivity index (χ0v) is 9.84. The van der Waals surface area contributed by atoms with Crippen LogP contribution in [0, 0.1) is 0 Å². The van der Waals surface area contributed by atoms with Gasteiger partial charge in [-0.05, 0) is 18.4 Å². The van der Waals surface area contributed by atoms with E-state index in [9.17, 15) is 14.4 Å². The van der Waals surface area contributed by atoms with Crippen molar-refractivity contribution in [2.45, 2.75) is 4.90 Å². The minimum absolute atomic E-state index is 0.0794. The van der Waals surface area contributed by atoms with Crippen LogP contribution in [-0.4, -0.2) is 29.0 Å². The second-order valence-electron chi connectivity index (χ2n) is 3.39. The number of nitrogens with one attached hydrogen (secondary N) is 2. The second-order valence-corrected chi connectivity index (χ2v) is 5.29. The number of benzene rings is 1. The molecule has 1 saturated heterocycles. The van der Waals surface area contributed by atoms with Gasteiger partial charge >= 0.3 is 6.03 Å². The number of hydrogen-bond donors (Lipinski definition) is 2. The predicted molar refractivity (Wildman–Crippen MR) is 64.9 cm³/mol. The molecule has 0 aliphatic carbocycles. The van der Waals surface area contributed by atoms with Crippen LogP contribution in [0.15, 0.2) is 35.2 Å². The molecule has 0 spiro atoms. The van der Waals surface area contributed by atoms with E-state index in [-0.39, 0.29) is 4.86 Å². The molecule has 1 aliphatic heterocycles. The number of amides is 4. The van der Waals surface area contributed by atoms with Crippen LogP contribution >= 0.6 is 10.5 Å². The van der Waals surface area contributed by atoms with Crippen LogP contribution in [0.2, 0.25) is 0 Å². The molecule has 1 atom stereocenters. The predicted octanol–water partition coefficient (Wildman–Crippen LogP) is 0.483. The van der Waals surface area contributed by atoms with Crippen LogP contribution in [0.5, 0.6) is 0 Å². The average molecular weight is 250 g/mol. The Hall–Kier alpha value is -1.95. The lowest BCUT2D eigenvalue weighted by Gasteiger charge is -2.17. The van der Waals surface area contributed by atoms with Crippen molar-refractivity contribution in [1.82, 2.24) is 10.6 Å². The Bertz CT molecular complexity index is 515. The largest absolute Gasteiger partial charge is 0.328 e. The molecular formula is C11H10N2O3S. The molecule has 0 saturated carbocycles. The number of rotatable bonds is 1. The highest BCUT2D eigenvalue weighted by Gasteiger charge is 2.29. The molecule has 1 aromatic carbocycles. The van der Waals surface area contributed by atoms with Crippen LogP contribution in [0.4, 0.5) is 4.79 Å². The molecule has 1 aromatic rings. The molecule has 1 fully saturated rings. The Morgan fingerprint density at radius 2 is 1.47 bits per heavy atom. The van der Waals surface area contributed by atoms with Gasteiger partial charge in [0.05, 0.1) is 0 Å². The SMILES string of the molecule is CS(=C1C(=O)NC(=O)NC1=O)c1ccccc1. The van der Waals surface area contributed by atoms with Crippen molar-refractivity contribution >= 4 is 33.2 Å². The molecule has 1 aliphatic rings. The molecule has 2 rings (SSSR count). The number of hydrogen-bond acceptors (Lipinski definition) is 3. The minimum atomic E-state index is -0.770. The van der Waals surface area contributed by atoms with E-state index in [1.165, 1.54) is 0 Å². The number of imide groups is 2. The highest BCUT2D eigenvalue weighted by Crippen LogP contribution is 2.24. The first-order valence-electron chi connectivity index (χ1n) is 4.84. The average Bonchev–Trinajstić information content (AvgIpc) is 2.28. The molecular weight excluding hydrogens is 240 g/mol. The van der Waals surface area contributed by atoms with Crippen molar-refractivity contribution in [3.05, 3.63) is 30.3 Å². The monoisotopic (exact) mass is 250 g/mol. The van der Waals surface area contributed by atoms with Gasteiger partial charge < -0.3 is 0 Å². The van der Waals surface area contributed by atoms with Crippen LogP contribution < -0.4 is 10.6 Å². The smallest absolute Gasteiger partial charge is 0.273 e. The Balaban J connectivity index is 2.47. The fraction of sp³-hybridized carbons (Fsp3) is 0.0909. The number of barbiturate groups is 1. The fourth-order valence-corrected chi connectivity index (χ4v) is 2.93. The van der Waals surface area contributed by atoms with Crippen molar-refractivity contribution in [2.75, 3.05) is 6.26 Å². The highest BCUT2D eigenvalue weighted by atomic mass is 32.2. The Morgan fingerprint density at radius 1 is 0.941 bits per heavy atom. The maximum Gasteiger partial charge on any atom is 0.328 e. The lowest BCUT2D eigenvalue weighted by atomic mass is 10.3. The number of carbonyl (C=O) groups excluding carboxylic acids is 3. The van der Waals surface area contributed by atoms with Crippen LogP contribution in [-0.2, 0) is 9.59 Å². The molecule has 88 valence electrons. The summed E-state index contributed by atoms with van der Waals surface area (Å²) in [6.45, 7) is 0. The maximum absolute atomic E-state index is 11.6. The first-order valence-corrected chi connectivity index (χ1v) is 6.47. The van der Waals surface area contributed by atoms with Crippen molar-refractivity contribution in [3.63, 3.8) is 0 Å². The van der Waals surface area contributed by atoms with Gasteiger partial charge in [0, 0.05) is 4.90 Å². The van der Waals surface area contributed by atoms with E-state index in [0.29, 0.717) is 0 Å². The lowest BCUT2D eigenvalue weighted by molar-refractivity contribution is -0.118. The van der Waals surface area contributed by atoms with Gasteiger partial charge in [-0.15, -0.1) is 10.5 Å². The summed E-state index contributed by atoms with van der Waals surface area (Å²) in [6, 6.07) is 8.44. The van der Waals surface area contributed by atoms with E-state index in [1.54, 1.807) is 6.26 Å². The van der Waals surface area contributed by atoms with E-state index in [4.69, 9.17) is 0 Å². The summed E-state index contributed by atoms with van der Waals surface area (Å²) < 4.78 is 0. The molecule has 5 nitrogen and oxygen atoms in total. The fourth-order valence-electron chi connectivity index (χ4n) is 1.47. The summed E-state index contributed by atoms with van der Waals surface area (Å²) in [5, 5.41) is 4.14. The lowest BCUT2D eigenvalue weighted by Crippen LogP contribution is -2.56. The Morgan fingerprint density at radius 3 is 2.00 bits per heavy atom. The third kappa shape index (κ3) is 2.26. The topological polar surface area (TPSA) is 75.3 Å². The minimum Gasteiger partial charge on any atom is -0.273 e. The molecule has 6 heteroatoms. The van der Waals surface area contributed by atoms with Crippen LogP contribution in [0.1, 0.15) is 0 Å². The number of carbonyl (C=O) groups is 3. The molecule has 17 heavy (non-hydrogen) atoms. The zero-order chi connectivity index (χ0) is 12.4. The molecule has 4 amide bonds. The van der Waals surface area contributed by atoms with Crippen molar-refractivity contribution in [2.24, 2.45) is 0 Å². The van der Waals surface area contributed by atoms with E-state index >= 15 is 0 Å². The third-order valence-electron chi connectivity index (χ3n) is 2.27. The Kier molecular flexibility index (Phi) is 3.06. The van der Waals surface area contributed by atoms with Crippen LogP contribution in [0.3, 0.4) is 0 Å². The summed E-state index contributed by atoms with van der Waals surface area (Å²) in [5.74, 6) is -1.23. The quantitative estimate of drug-likeness (QED) is 0.712. The normalized spacial score (nSPS) is 17.5. The highest BCUT2D eigenvalue weighted by molar-refractivity contribution is 8.17. The second kappa shape index (κ2) is 4.50. The molecule has 0 radical (unpaired) electrons. The van der Waals surface area contributed by atoms with Gasteiger partial charge in [-0.3, -0.25) is 20.2 Å². The summed E-state index contributed by atoms with van der Waals surface area (Å²) in [4.78, 5) is 35.1. The molecule has 0 bridgehead atoms. The van der Waals surface area contributed by atoms with Gasteiger partial charge in [-0.1, -0.05) is 18.2 Å². The molecule has 2 N–H and O–H groups in total. The van der Waals surface area contributed by atoms with Crippen LogP contribution in [0.25, 0.3) is 0 Å². The van der Waals surface area contributed by atoms with E-state index in [2.05, 4.69) is 10.6 Å². The van der Waals surface area contributed by atoms with Crippen molar-refractivity contribution < 1.29 is 14.4 Å². The van der Waals surface area contributed by atoms with Gasteiger partial charge in [0.1, 0.15) is 4.86 Å². The van der Waals surface area contributed by atoms with Crippen molar-refractivity contribution in [1.29, 1.82) is 0 Å². The third-order valence-corrected chi connectivity index (χ3v) is 4.23. The van der Waals surface area contributed by atoms with E-state index < -0.39 is 28.3 Å². The Labute approximate surface area is 100 Å². The first kappa shape index (κ1) is 11.5. The molecule has 0 aromatic heterocycles. The van der Waals surface area contributed by atoms with Gasteiger partial charge in [-0.25, -0.2) is 4.79 Å². The van der Waals surface area contributed by atoms with Crippen molar-refractivity contribution in [3.8, 4) is 0 Å². The molecule has 1 heterocycles. The summed E-state index contributed by atoms with van der Waals surface area (Å²) in [6.07, 6.45) is 1.78. The first-order chi connectivity index (χ1) is 8.09. The van der Waals surface area contributed by atoms with E-state index in [1.807, 2.05) is 30.3 Å². The molecule has 1 unspecified atom stereocenters. The number of urea groups is 1.